The molecule has 1 nitrogen and oxygen atoms in total. The monoisotopic (exact) mass is 145 g/mol. The van der Waals surface area contributed by atoms with E-state index in [-0.39, 0.29) is 0 Å². The standard InChI is InChI=1S/C5H7N.Zn/c1-2-3-4-5-6;/h2-4H,1,6H2;/b4-3-;. The zero-order valence-corrected chi connectivity index (χ0v) is 7.19. The molecule has 0 unspecified atom stereocenters. The predicted octanol–water partition coefficient (Wildman–Crippen LogP) is 0.364. The van der Waals surface area contributed by atoms with Crippen molar-refractivity contribution in [3.8, 4) is 0 Å². The van der Waals surface area contributed by atoms with E-state index in [0.29, 0.717) is 0 Å². The number of hydrogen-bond acceptors (Lipinski definition) is 1. The van der Waals surface area contributed by atoms with E-state index in [4.69, 9.17) is 5.73 Å². The molecule has 0 heterocycles. The van der Waals surface area contributed by atoms with Gasteiger partial charge in [0.15, 0.2) is 0 Å². The van der Waals surface area contributed by atoms with Crippen LogP contribution in [0.5, 0.6) is 0 Å². The van der Waals surface area contributed by atoms with Crippen molar-refractivity contribution in [2.24, 2.45) is 5.73 Å². The molecule has 0 atom stereocenters. The van der Waals surface area contributed by atoms with Gasteiger partial charge in [0, 0.05) is 0 Å². The van der Waals surface area contributed by atoms with Crippen LogP contribution in [0, 0.1) is 0 Å². The molecule has 0 rings (SSSR count). The van der Waals surface area contributed by atoms with Crippen molar-refractivity contribution in [1.82, 2.24) is 0 Å². The van der Waals surface area contributed by atoms with Crippen molar-refractivity contribution >= 4 is 4.23 Å². The predicted molar refractivity (Wildman–Crippen MR) is 28.5 cm³/mol. The van der Waals surface area contributed by atoms with Gasteiger partial charge < -0.3 is 0 Å². The first-order valence-electron chi connectivity index (χ1n) is 2.01. The van der Waals surface area contributed by atoms with E-state index in [9.17, 15) is 0 Å². The molecule has 0 aromatic heterocycles. The van der Waals surface area contributed by atoms with Crippen LogP contribution in [0.25, 0.3) is 0 Å². The Bertz CT molecular complexity index is 105. The topological polar surface area (TPSA) is 26.0 Å². The molecule has 0 saturated carbocycles. The zero-order valence-electron chi connectivity index (χ0n) is 4.22. The van der Waals surface area contributed by atoms with Gasteiger partial charge in [0.25, 0.3) is 0 Å². The summed E-state index contributed by atoms with van der Waals surface area (Å²) in [5.41, 5.74) is 5.32. The fourth-order valence-corrected chi connectivity index (χ4v) is 0.477. The average molecular weight is 147 g/mol. The van der Waals surface area contributed by atoms with Crippen LogP contribution in [0.2, 0.25) is 0 Å². The molecule has 0 bridgehead atoms. The van der Waals surface area contributed by atoms with Crippen LogP contribution in [-0.2, 0) is 17.9 Å². The Morgan fingerprint density at radius 3 is 2.43 bits per heavy atom. The molecular weight excluding hydrogens is 139 g/mol. The summed E-state index contributed by atoms with van der Waals surface area (Å²) >= 11 is 1.03. The maximum atomic E-state index is 5.32. The van der Waals surface area contributed by atoms with Gasteiger partial charge in [0.05, 0.1) is 0 Å². The molecule has 0 fully saturated rings. The van der Waals surface area contributed by atoms with E-state index < -0.39 is 0 Å². The van der Waals surface area contributed by atoms with Crippen molar-refractivity contribution in [1.29, 1.82) is 0 Å². The number of rotatable bonds is 2. The van der Waals surface area contributed by atoms with Crippen LogP contribution in [-0.4, -0.2) is 4.23 Å². The summed E-state index contributed by atoms with van der Waals surface area (Å²) in [4.78, 5) is 0. The number of hydrogen-bond donors (Lipinski definition) is 1. The molecule has 34 valence electrons. The molecule has 2 N–H and O–H groups in total. The van der Waals surface area contributed by atoms with Gasteiger partial charge in [0.2, 0.25) is 0 Å². The van der Waals surface area contributed by atoms with Crippen LogP contribution >= 0.6 is 0 Å². The molecule has 0 aromatic rings. The van der Waals surface area contributed by atoms with Gasteiger partial charge in [-0.2, -0.15) is 0 Å². The molecular formula is C5H7NZn. The van der Waals surface area contributed by atoms with Gasteiger partial charge in [0.1, 0.15) is 0 Å². The van der Waals surface area contributed by atoms with E-state index in [2.05, 4.69) is 6.58 Å². The van der Waals surface area contributed by atoms with Crippen LogP contribution in [0.15, 0.2) is 24.8 Å². The van der Waals surface area contributed by atoms with Crippen LogP contribution < -0.4 is 5.73 Å². The zero-order chi connectivity index (χ0) is 5.70. The quantitative estimate of drug-likeness (QED) is 0.442. The summed E-state index contributed by atoms with van der Waals surface area (Å²) in [5.74, 6) is 0. The van der Waals surface area contributed by atoms with Gasteiger partial charge in [-0.25, -0.2) is 0 Å². The molecule has 0 spiro atoms. The number of nitrogens with two attached hydrogens (primary N) is 1. The van der Waals surface area contributed by atoms with Gasteiger partial charge in [-0.1, -0.05) is 0 Å². The van der Waals surface area contributed by atoms with E-state index in [1.165, 1.54) is 0 Å². The summed E-state index contributed by atoms with van der Waals surface area (Å²) < 4.78 is 0.930. The Labute approximate surface area is 53.1 Å². The fourth-order valence-electron chi connectivity index (χ4n) is 0.192. The molecule has 0 saturated heterocycles. The number of allylic oxidation sites excluding steroid dienone is 2. The van der Waals surface area contributed by atoms with Crippen molar-refractivity contribution in [2.45, 2.75) is 0 Å². The minimum atomic E-state index is 0.930. The van der Waals surface area contributed by atoms with Gasteiger partial charge >= 0.3 is 52.6 Å². The van der Waals surface area contributed by atoms with E-state index >= 15 is 0 Å². The maximum absolute atomic E-state index is 5.32. The Kier molecular flexibility index (Phi) is 4.06. The van der Waals surface area contributed by atoms with Crippen molar-refractivity contribution in [2.75, 3.05) is 0 Å². The van der Waals surface area contributed by atoms with E-state index in [1.807, 2.05) is 12.2 Å². The minimum absolute atomic E-state index is 0.930. The Morgan fingerprint density at radius 2 is 2.29 bits per heavy atom. The molecule has 0 aliphatic rings. The van der Waals surface area contributed by atoms with Crippen molar-refractivity contribution in [3.63, 3.8) is 0 Å². The van der Waals surface area contributed by atoms with Gasteiger partial charge in [-0.05, 0) is 0 Å². The molecule has 7 heavy (non-hydrogen) atoms. The molecule has 2 heteroatoms. The third kappa shape index (κ3) is 5.93. The average Bonchev–Trinajstić information content (AvgIpc) is 1.61. The first-order chi connectivity index (χ1) is 3.27. The van der Waals surface area contributed by atoms with Crippen molar-refractivity contribution < 1.29 is 17.9 Å². The van der Waals surface area contributed by atoms with E-state index in [1.54, 1.807) is 6.08 Å². The summed E-state index contributed by atoms with van der Waals surface area (Å²) in [6.07, 6.45) is 5.40. The third-order valence-electron chi connectivity index (χ3n) is 0.446. The molecule has 0 amide bonds. The Hall–Kier alpha value is -0.0666. The van der Waals surface area contributed by atoms with Gasteiger partial charge in [-0.15, -0.1) is 0 Å². The molecule has 0 aromatic carbocycles. The van der Waals surface area contributed by atoms with Crippen LogP contribution in [0.4, 0.5) is 0 Å². The summed E-state index contributed by atoms with van der Waals surface area (Å²) in [6, 6.07) is 0. The summed E-state index contributed by atoms with van der Waals surface area (Å²) in [6.45, 7) is 3.49. The Morgan fingerprint density at radius 1 is 1.71 bits per heavy atom. The van der Waals surface area contributed by atoms with E-state index in [0.717, 1.165) is 22.1 Å². The first kappa shape index (κ1) is 6.93. The Balaban J connectivity index is 3.46. The SMILES string of the molecule is C=C/C=C\[C](N)=[Zn]. The molecule has 0 aliphatic carbocycles. The normalized spacial score (nSPS) is 9.57. The van der Waals surface area contributed by atoms with Crippen LogP contribution in [0.3, 0.4) is 0 Å². The second kappa shape index (κ2) is 4.10. The van der Waals surface area contributed by atoms with Gasteiger partial charge in [-0.3, -0.25) is 0 Å². The first-order valence-corrected chi connectivity index (χ1v) is 3.49. The van der Waals surface area contributed by atoms with Crippen LogP contribution in [0.1, 0.15) is 0 Å². The molecule has 0 aliphatic heterocycles. The molecule has 0 radical (unpaired) electrons. The second-order valence-corrected chi connectivity index (χ2v) is 2.88. The third-order valence-corrected chi connectivity index (χ3v) is 0.941. The summed E-state index contributed by atoms with van der Waals surface area (Å²) in [5, 5.41) is 0. The second-order valence-electron chi connectivity index (χ2n) is 1.17. The fraction of sp³-hybridized carbons (Fsp3) is 0. The summed E-state index contributed by atoms with van der Waals surface area (Å²) in [7, 11) is 0. The van der Waals surface area contributed by atoms with Crippen molar-refractivity contribution in [3.05, 3.63) is 24.8 Å².